The number of hydrogen-bond acceptors (Lipinski definition) is 2. The summed E-state index contributed by atoms with van der Waals surface area (Å²) in [5.74, 6) is 0. The summed E-state index contributed by atoms with van der Waals surface area (Å²) < 4.78 is 6.01. The minimum atomic E-state index is -1.69. The van der Waals surface area contributed by atoms with Gasteiger partial charge in [0.25, 0.3) is 0 Å². The molecule has 1 unspecified atom stereocenters. The summed E-state index contributed by atoms with van der Waals surface area (Å²) in [4.78, 5) is -1.31. The molecule has 0 aliphatic carbocycles. The van der Waals surface area contributed by atoms with Gasteiger partial charge >= 0.3 is 139 Å². The Morgan fingerprint density at radius 1 is 0.952 bits per heavy atom. The Morgan fingerprint density at radius 2 is 1.43 bits per heavy atom. The second-order valence-corrected chi connectivity index (χ2v) is 16.3. The van der Waals surface area contributed by atoms with Crippen LogP contribution in [0.5, 0.6) is 0 Å². The van der Waals surface area contributed by atoms with Crippen molar-refractivity contribution < 1.29 is 4.52 Å². The zero-order chi connectivity index (χ0) is 15.1. The van der Waals surface area contributed by atoms with E-state index in [4.69, 9.17) is 16.3 Å². The van der Waals surface area contributed by atoms with Crippen molar-refractivity contribution in [3.8, 4) is 0 Å². The molecule has 0 N–H and O–H groups in total. The van der Waals surface area contributed by atoms with Crippen LogP contribution >= 0.6 is 4.95 Å². The predicted octanol–water partition coefficient (Wildman–Crippen LogP) is 4.85. The van der Waals surface area contributed by atoms with Gasteiger partial charge in [-0.25, -0.2) is 0 Å². The van der Waals surface area contributed by atoms with Crippen LogP contribution in [0.2, 0.25) is 0 Å². The molecule has 0 amide bonds. The van der Waals surface area contributed by atoms with E-state index in [0.29, 0.717) is 4.82 Å². The third-order valence-corrected chi connectivity index (χ3v) is 14.4. The van der Waals surface area contributed by atoms with E-state index in [1.54, 1.807) is 0 Å². The van der Waals surface area contributed by atoms with Gasteiger partial charge in [0.1, 0.15) is 0 Å². The zero-order valence-electron chi connectivity index (χ0n) is 12.4. The summed E-state index contributed by atoms with van der Waals surface area (Å²) in [6.07, 6.45) is 0.979. The van der Waals surface area contributed by atoms with Gasteiger partial charge in [-0.2, -0.15) is 0 Å². The Hall–Kier alpha value is -0.431. The molecule has 112 valence electrons. The van der Waals surface area contributed by atoms with Crippen LogP contribution in [0.3, 0.4) is 0 Å². The molecule has 2 rings (SSSR count). The van der Waals surface area contributed by atoms with Crippen molar-refractivity contribution in [1.82, 2.24) is 0 Å². The van der Waals surface area contributed by atoms with Crippen molar-refractivity contribution in [2.75, 3.05) is 12.8 Å². The molecule has 0 fully saturated rings. The van der Waals surface area contributed by atoms with E-state index in [-0.39, 0.29) is 14.5 Å². The molecule has 0 heterocycles. The van der Waals surface area contributed by atoms with Crippen LogP contribution in [-0.2, 0) is 16.3 Å². The van der Waals surface area contributed by atoms with E-state index in [2.05, 4.69) is 67.6 Å². The van der Waals surface area contributed by atoms with Crippen molar-refractivity contribution in [1.29, 1.82) is 0 Å². The number of rotatable bonds is 7. The first-order valence-electron chi connectivity index (χ1n) is 7.20. The van der Waals surface area contributed by atoms with E-state index in [1.165, 1.54) is 11.1 Å². The predicted molar refractivity (Wildman–Crippen MR) is 96.9 cm³/mol. The fraction of sp³-hybridized carbons (Fsp3) is 0.294. The average molecular weight is 383 g/mol. The molecule has 0 saturated carbocycles. The fourth-order valence-corrected chi connectivity index (χ4v) is 11.3. The zero-order valence-corrected chi connectivity index (χ0v) is 15.9. The first-order chi connectivity index (χ1) is 10.2. The summed E-state index contributed by atoms with van der Waals surface area (Å²) in [5, 5.41) is 0. The third kappa shape index (κ3) is 4.77. The van der Waals surface area contributed by atoms with E-state index < -0.39 is 4.95 Å². The van der Waals surface area contributed by atoms with Gasteiger partial charge in [0.05, 0.1) is 0 Å². The Bertz CT molecular complexity index is 549. The first kappa shape index (κ1) is 16.9. The van der Waals surface area contributed by atoms with Crippen LogP contribution in [-0.4, -0.2) is 27.3 Å². The monoisotopic (exact) mass is 384 g/mol. The Kier molecular flexibility index (Phi) is 6.67. The van der Waals surface area contributed by atoms with Gasteiger partial charge < -0.3 is 0 Å². The van der Waals surface area contributed by atoms with Gasteiger partial charge in [-0.3, -0.25) is 0 Å². The average Bonchev–Trinajstić information content (AvgIpc) is 2.55. The first-order valence-corrected chi connectivity index (χ1v) is 13.3. The van der Waals surface area contributed by atoms with E-state index in [0.717, 1.165) is 12.8 Å². The second kappa shape index (κ2) is 8.27. The standard InChI is InChI=1S/C17H21OPSSe/c1-3-18-19(20,4-2)21-17(15-11-7-5-8-12-15)16-13-9-6-10-14-16/h5-14,17H,3-4H2,1-2H3. The molecule has 4 heteroatoms. The van der Waals surface area contributed by atoms with E-state index >= 15 is 0 Å². The molecular formula is C17H21OPSSe. The van der Waals surface area contributed by atoms with Crippen molar-refractivity contribution in [3.05, 3.63) is 71.8 Å². The summed E-state index contributed by atoms with van der Waals surface area (Å²) in [6, 6.07) is 21.4. The molecule has 0 aromatic heterocycles. The topological polar surface area (TPSA) is 9.23 Å². The van der Waals surface area contributed by atoms with Crippen LogP contribution < -0.4 is 0 Å². The minimum absolute atomic E-state index is 0.260. The summed E-state index contributed by atoms with van der Waals surface area (Å²) in [6.45, 7) is 4.95. The maximum absolute atomic E-state index is 6.01. The maximum atomic E-state index is 6.01. The molecule has 0 saturated heterocycles. The molecule has 1 nitrogen and oxygen atoms in total. The molecule has 0 bridgehead atoms. The normalized spacial score (nSPS) is 14.0. The third-order valence-electron chi connectivity index (χ3n) is 3.18. The number of hydrogen-bond donors (Lipinski definition) is 0. The van der Waals surface area contributed by atoms with E-state index in [1.807, 2.05) is 6.92 Å². The molecule has 1 atom stereocenters. The Labute approximate surface area is 139 Å². The van der Waals surface area contributed by atoms with Crippen LogP contribution in [0, 0.1) is 0 Å². The van der Waals surface area contributed by atoms with Gasteiger partial charge in [0.2, 0.25) is 0 Å². The van der Waals surface area contributed by atoms with Crippen molar-refractivity contribution >= 4 is 31.3 Å². The molecule has 21 heavy (non-hydrogen) atoms. The Morgan fingerprint density at radius 3 is 1.81 bits per heavy atom. The molecule has 0 spiro atoms. The van der Waals surface area contributed by atoms with Gasteiger partial charge in [-0.05, 0) is 0 Å². The fourth-order valence-electron chi connectivity index (χ4n) is 2.12. The van der Waals surface area contributed by atoms with Crippen molar-refractivity contribution in [2.24, 2.45) is 0 Å². The van der Waals surface area contributed by atoms with Gasteiger partial charge in [0.15, 0.2) is 0 Å². The van der Waals surface area contributed by atoms with Gasteiger partial charge in [-0.15, -0.1) is 0 Å². The van der Waals surface area contributed by atoms with E-state index in [9.17, 15) is 0 Å². The van der Waals surface area contributed by atoms with Crippen LogP contribution in [0.15, 0.2) is 60.7 Å². The molecule has 0 aliphatic heterocycles. The molecule has 2 aromatic carbocycles. The molecule has 2 aromatic rings. The summed E-state index contributed by atoms with van der Waals surface area (Å²) >= 11 is 6.15. The molecular weight excluding hydrogens is 362 g/mol. The van der Waals surface area contributed by atoms with Gasteiger partial charge in [-0.1, -0.05) is 0 Å². The van der Waals surface area contributed by atoms with Gasteiger partial charge in [0, 0.05) is 0 Å². The van der Waals surface area contributed by atoms with Crippen molar-refractivity contribution in [3.63, 3.8) is 0 Å². The van der Waals surface area contributed by atoms with Crippen LogP contribution in [0.1, 0.15) is 29.8 Å². The number of benzene rings is 2. The second-order valence-electron chi connectivity index (χ2n) is 4.65. The summed E-state index contributed by atoms with van der Waals surface area (Å²) in [5.41, 5.74) is 2.71. The quantitative estimate of drug-likeness (QED) is 0.500. The van der Waals surface area contributed by atoms with Crippen LogP contribution in [0.25, 0.3) is 0 Å². The van der Waals surface area contributed by atoms with Crippen molar-refractivity contribution in [2.45, 2.75) is 18.7 Å². The SMILES string of the molecule is CCOP(=S)(CC)[Se]C(c1ccccc1)c1ccccc1. The van der Waals surface area contributed by atoms with Crippen LogP contribution in [0.4, 0.5) is 0 Å². The summed E-state index contributed by atoms with van der Waals surface area (Å²) in [7, 11) is 0. The molecule has 0 aliphatic rings. The Balaban J connectivity index is 2.36. The molecule has 0 radical (unpaired) electrons.